The van der Waals surface area contributed by atoms with Crippen molar-refractivity contribution >= 4 is 5.82 Å². The first kappa shape index (κ1) is 26.1. The predicted octanol–water partition coefficient (Wildman–Crippen LogP) is 3.87. The standard InChI is InChI=1S/C25H31F2N9O/c1-16(2)8-10-35-15-18(14-31-35)17-12-19(24(28)30-13-17)25-32-33-34-36(25)20-6-7-21(23(27)22(20)26)37-11-5-4-9-29-3/h6-7,12-16,29H,4-5,8-11H2,1-3H3,(H2,28,30). The number of rotatable bonds is 12. The second kappa shape index (κ2) is 11.9. The molecule has 4 rings (SSSR count). The second-order valence-corrected chi connectivity index (χ2v) is 9.12. The lowest BCUT2D eigenvalue weighted by Crippen LogP contribution is -2.10. The largest absolute Gasteiger partial charge is 0.490 e. The summed E-state index contributed by atoms with van der Waals surface area (Å²) in [6.07, 6.45) is 7.87. The molecular formula is C25H31F2N9O. The topological polar surface area (TPSA) is 122 Å². The van der Waals surface area contributed by atoms with Crippen LogP contribution in [0.5, 0.6) is 5.75 Å². The third-order valence-corrected chi connectivity index (χ3v) is 5.86. The number of unbranched alkanes of at least 4 members (excludes halogenated alkanes) is 1. The van der Waals surface area contributed by atoms with Gasteiger partial charge in [0.05, 0.1) is 18.4 Å². The smallest absolute Gasteiger partial charge is 0.202 e. The highest BCUT2D eigenvalue weighted by Crippen LogP contribution is 2.31. The number of hydrogen-bond donors (Lipinski definition) is 2. The molecule has 3 heterocycles. The minimum absolute atomic E-state index is 0.123. The fourth-order valence-corrected chi connectivity index (χ4v) is 3.74. The third kappa shape index (κ3) is 6.08. The van der Waals surface area contributed by atoms with Gasteiger partial charge in [0.15, 0.2) is 17.4 Å². The summed E-state index contributed by atoms with van der Waals surface area (Å²) < 4.78 is 38.3. The number of aromatic nitrogens is 7. The number of nitrogen functional groups attached to an aromatic ring is 1. The molecule has 0 unspecified atom stereocenters. The zero-order valence-corrected chi connectivity index (χ0v) is 21.2. The maximum absolute atomic E-state index is 15.1. The van der Waals surface area contributed by atoms with Crippen LogP contribution in [0.25, 0.3) is 28.2 Å². The Morgan fingerprint density at radius 1 is 1.11 bits per heavy atom. The quantitative estimate of drug-likeness (QED) is 0.275. The van der Waals surface area contributed by atoms with E-state index in [0.29, 0.717) is 17.9 Å². The van der Waals surface area contributed by atoms with Gasteiger partial charge in [-0.05, 0) is 67.4 Å². The summed E-state index contributed by atoms with van der Waals surface area (Å²) in [5.74, 6) is -1.58. The van der Waals surface area contributed by atoms with Gasteiger partial charge >= 0.3 is 0 Å². The molecule has 0 aliphatic heterocycles. The molecule has 3 N–H and O–H groups in total. The van der Waals surface area contributed by atoms with Gasteiger partial charge in [0.25, 0.3) is 0 Å². The molecule has 0 saturated carbocycles. The number of nitrogens with two attached hydrogens (primary N) is 1. The SMILES string of the molecule is CNCCCCOc1ccc(-n2nnnc2-c2cc(-c3cnn(CCC(C)C)c3)cnc2N)c(F)c1F. The van der Waals surface area contributed by atoms with E-state index in [-0.39, 0.29) is 29.7 Å². The van der Waals surface area contributed by atoms with Gasteiger partial charge in [0, 0.05) is 30.1 Å². The minimum atomic E-state index is -1.13. The molecule has 0 spiro atoms. The van der Waals surface area contributed by atoms with E-state index in [9.17, 15) is 4.39 Å². The molecule has 0 aliphatic rings. The van der Waals surface area contributed by atoms with Gasteiger partial charge < -0.3 is 15.8 Å². The number of nitrogens with zero attached hydrogens (tertiary/aromatic N) is 7. The van der Waals surface area contributed by atoms with E-state index in [1.807, 2.05) is 17.9 Å². The maximum atomic E-state index is 15.1. The van der Waals surface area contributed by atoms with Crippen LogP contribution in [0.1, 0.15) is 33.1 Å². The maximum Gasteiger partial charge on any atom is 0.202 e. The second-order valence-electron chi connectivity index (χ2n) is 9.12. The van der Waals surface area contributed by atoms with E-state index in [1.165, 1.54) is 12.1 Å². The molecule has 1 aromatic carbocycles. The van der Waals surface area contributed by atoms with E-state index in [1.54, 1.807) is 18.5 Å². The summed E-state index contributed by atoms with van der Waals surface area (Å²) in [6, 6.07) is 4.49. The van der Waals surface area contributed by atoms with Crippen LogP contribution in [0.3, 0.4) is 0 Å². The van der Waals surface area contributed by atoms with E-state index >= 15 is 4.39 Å². The van der Waals surface area contributed by atoms with Crippen LogP contribution in [0.15, 0.2) is 36.8 Å². The van der Waals surface area contributed by atoms with Crippen molar-refractivity contribution in [3.63, 3.8) is 0 Å². The zero-order valence-electron chi connectivity index (χ0n) is 21.2. The number of anilines is 1. The Bertz CT molecular complexity index is 1340. The van der Waals surface area contributed by atoms with Crippen LogP contribution < -0.4 is 15.8 Å². The molecule has 0 amide bonds. The van der Waals surface area contributed by atoms with Gasteiger partial charge in [-0.3, -0.25) is 4.68 Å². The average molecular weight is 512 g/mol. The molecule has 10 nitrogen and oxygen atoms in total. The highest BCUT2D eigenvalue weighted by atomic mass is 19.2. The van der Waals surface area contributed by atoms with Gasteiger partial charge in [0.2, 0.25) is 5.82 Å². The molecule has 3 aromatic heterocycles. The van der Waals surface area contributed by atoms with Crippen LogP contribution >= 0.6 is 0 Å². The first-order valence-electron chi connectivity index (χ1n) is 12.2. The van der Waals surface area contributed by atoms with Gasteiger partial charge in [0.1, 0.15) is 11.5 Å². The molecule has 0 bridgehead atoms. The van der Waals surface area contributed by atoms with Crippen LogP contribution in [0.4, 0.5) is 14.6 Å². The fraction of sp³-hybridized carbons (Fsp3) is 0.400. The fourth-order valence-electron chi connectivity index (χ4n) is 3.74. The number of benzene rings is 1. The Morgan fingerprint density at radius 2 is 1.95 bits per heavy atom. The Kier molecular flexibility index (Phi) is 8.39. The van der Waals surface area contributed by atoms with Crippen LogP contribution in [-0.4, -0.2) is 55.2 Å². The average Bonchev–Trinajstić information content (AvgIpc) is 3.56. The number of pyridine rings is 1. The molecule has 0 aliphatic carbocycles. The monoisotopic (exact) mass is 511 g/mol. The number of hydrogen-bond acceptors (Lipinski definition) is 8. The molecule has 196 valence electrons. The Morgan fingerprint density at radius 3 is 2.73 bits per heavy atom. The molecule has 0 radical (unpaired) electrons. The highest BCUT2D eigenvalue weighted by molar-refractivity contribution is 5.76. The summed E-state index contributed by atoms with van der Waals surface area (Å²) in [5.41, 5.74) is 7.92. The van der Waals surface area contributed by atoms with Crippen molar-refractivity contribution in [1.82, 2.24) is 40.3 Å². The molecule has 0 saturated heterocycles. The molecule has 12 heteroatoms. The van der Waals surface area contributed by atoms with Crippen molar-refractivity contribution in [3.05, 3.63) is 48.4 Å². The first-order chi connectivity index (χ1) is 17.9. The summed E-state index contributed by atoms with van der Waals surface area (Å²) >= 11 is 0. The molecule has 0 fully saturated rings. The predicted molar refractivity (Wildman–Crippen MR) is 136 cm³/mol. The Hall–Kier alpha value is -3.93. The summed E-state index contributed by atoms with van der Waals surface area (Å²) in [7, 11) is 1.85. The Balaban J connectivity index is 1.60. The summed E-state index contributed by atoms with van der Waals surface area (Å²) in [5, 5.41) is 19.0. The van der Waals surface area contributed by atoms with Crippen molar-refractivity contribution < 1.29 is 13.5 Å². The number of ether oxygens (including phenoxy) is 1. The Labute approximate surface area is 213 Å². The van der Waals surface area contributed by atoms with Crippen molar-refractivity contribution in [3.8, 4) is 34.0 Å². The number of halogens is 2. The zero-order chi connectivity index (χ0) is 26.4. The van der Waals surface area contributed by atoms with E-state index < -0.39 is 11.6 Å². The van der Waals surface area contributed by atoms with E-state index in [0.717, 1.165) is 41.7 Å². The van der Waals surface area contributed by atoms with Crippen molar-refractivity contribution in [2.45, 2.75) is 39.7 Å². The van der Waals surface area contributed by atoms with Gasteiger partial charge in [-0.1, -0.05) is 13.8 Å². The lowest BCUT2D eigenvalue weighted by molar-refractivity contribution is 0.286. The molecule has 37 heavy (non-hydrogen) atoms. The minimum Gasteiger partial charge on any atom is -0.490 e. The number of nitrogens with one attached hydrogen (secondary N) is 1. The summed E-state index contributed by atoms with van der Waals surface area (Å²) in [6.45, 7) is 6.21. The van der Waals surface area contributed by atoms with E-state index in [2.05, 4.69) is 44.8 Å². The van der Waals surface area contributed by atoms with Crippen LogP contribution in [-0.2, 0) is 6.54 Å². The normalized spacial score (nSPS) is 11.4. The highest BCUT2D eigenvalue weighted by Gasteiger charge is 2.22. The van der Waals surface area contributed by atoms with Crippen molar-refractivity contribution in [2.75, 3.05) is 25.9 Å². The summed E-state index contributed by atoms with van der Waals surface area (Å²) in [4.78, 5) is 4.28. The first-order valence-corrected chi connectivity index (χ1v) is 12.2. The van der Waals surface area contributed by atoms with Crippen molar-refractivity contribution in [2.24, 2.45) is 5.92 Å². The van der Waals surface area contributed by atoms with Crippen LogP contribution in [0, 0.1) is 17.6 Å². The lowest BCUT2D eigenvalue weighted by Gasteiger charge is -2.12. The molecule has 0 atom stereocenters. The van der Waals surface area contributed by atoms with Gasteiger partial charge in [-0.2, -0.15) is 14.2 Å². The number of tetrazole rings is 1. The molecule has 4 aromatic rings. The van der Waals surface area contributed by atoms with Crippen LogP contribution in [0.2, 0.25) is 0 Å². The number of aryl methyl sites for hydroxylation is 1. The van der Waals surface area contributed by atoms with Gasteiger partial charge in [-0.25, -0.2) is 9.37 Å². The van der Waals surface area contributed by atoms with Crippen molar-refractivity contribution in [1.29, 1.82) is 0 Å². The van der Waals surface area contributed by atoms with Gasteiger partial charge in [-0.15, -0.1) is 5.10 Å². The third-order valence-electron chi connectivity index (χ3n) is 5.86. The van der Waals surface area contributed by atoms with E-state index in [4.69, 9.17) is 10.5 Å². The molecular weight excluding hydrogens is 480 g/mol. The lowest BCUT2D eigenvalue weighted by atomic mass is 10.1.